The van der Waals surface area contributed by atoms with Gasteiger partial charge in [-0.2, -0.15) is 0 Å². The monoisotopic (exact) mass is 274 g/mol. The number of hydrogen-bond acceptors (Lipinski definition) is 2. The van der Waals surface area contributed by atoms with E-state index in [-0.39, 0.29) is 18.3 Å². The molecule has 5 heteroatoms. The van der Waals surface area contributed by atoms with E-state index in [4.69, 9.17) is 0 Å². The van der Waals surface area contributed by atoms with Crippen molar-refractivity contribution in [1.29, 1.82) is 0 Å². The van der Waals surface area contributed by atoms with Gasteiger partial charge in [-0.25, -0.2) is 4.39 Å². The number of carbonyl (C=O) groups is 1. The summed E-state index contributed by atoms with van der Waals surface area (Å²) in [5.74, 6) is -0.473. The molecular weight excluding hydrogens is 263 g/mol. The molecule has 0 fully saturated rings. The van der Waals surface area contributed by atoms with Gasteiger partial charge in [0.1, 0.15) is 5.82 Å². The molecule has 1 amide bonds. The number of amides is 1. The molecule has 0 aliphatic rings. The fraction of sp³-hybridized carbons (Fsp3) is 0.300. The summed E-state index contributed by atoms with van der Waals surface area (Å²) in [7, 11) is 3.31. The third kappa shape index (κ3) is 3.51. The number of nitrogens with one attached hydrogen (secondary N) is 1. The first-order valence-electron chi connectivity index (χ1n) is 4.40. The highest BCUT2D eigenvalue weighted by atomic mass is 79.9. The molecule has 0 heterocycles. The molecule has 0 radical (unpaired) electrons. The van der Waals surface area contributed by atoms with E-state index in [2.05, 4.69) is 21.2 Å². The van der Waals surface area contributed by atoms with Crippen molar-refractivity contribution in [2.75, 3.05) is 26.0 Å². The molecule has 15 heavy (non-hydrogen) atoms. The highest BCUT2D eigenvalue weighted by Gasteiger charge is 2.06. The maximum atomic E-state index is 13.2. The van der Waals surface area contributed by atoms with E-state index in [1.807, 2.05) is 0 Å². The third-order valence-electron chi connectivity index (χ3n) is 1.86. The van der Waals surface area contributed by atoms with Crippen LogP contribution >= 0.6 is 15.9 Å². The van der Waals surface area contributed by atoms with Crippen molar-refractivity contribution in [1.82, 2.24) is 4.90 Å². The van der Waals surface area contributed by atoms with Gasteiger partial charge < -0.3 is 10.2 Å². The van der Waals surface area contributed by atoms with Crippen LogP contribution in [0.2, 0.25) is 0 Å². The molecule has 0 aliphatic carbocycles. The Labute approximate surface area is 96.4 Å². The van der Waals surface area contributed by atoms with Crippen molar-refractivity contribution in [3.63, 3.8) is 0 Å². The van der Waals surface area contributed by atoms with E-state index in [9.17, 15) is 9.18 Å². The maximum absolute atomic E-state index is 13.2. The second kappa shape index (κ2) is 5.11. The van der Waals surface area contributed by atoms with Gasteiger partial charge in [-0.15, -0.1) is 0 Å². The molecule has 3 nitrogen and oxygen atoms in total. The molecule has 1 aromatic rings. The minimum atomic E-state index is -0.371. The second-order valence-corrected chi connectivity index (χ2v) is 4.18. The Bertz CT molecular complexity index is 368. The summed E-state index contributed by atoms with van der Waals surface area (Å²) in [5.41, 5.74) is 0.319. The Balaban J connectivity index is 2.65. The molecule has 0 aromatic heterocycles. The lowest BCUT2D eigenvalue weighted by atomic mass is 10.3. The van der Waals surface area contributed by atoms with Gasteiger partial charge in [0, 0.05) is 18.6 Å². The number of hydrogen-bond donors (Lipinski definition) is 1. The molecule has 0 bridgehead atoms. The number of nitrogens with zero attached hydrogens (tertiary/aromatic N) is 1. The van der Waals surface area contributed by atoms with Crippen LogP contribution in [0.1, 0.15) is 0 Å². The molecule has 1 rings (SSSR count). The van der Waals surface area contributed by atoms with Crippen LogP contribution in [0.3, 0.4) is 0 Å². The highest BCUT2D eigenvalue weighted by molar-refractivity contribution is 9.10. The average molecular weight is 275 g/mol. The summed E-state index contributed by atoms with van der Waals surface area (Å²) in [4.78, 5) is 12.7. The van der Waals surface area contributed by atoms with Crippen LogP contribution in [0.25, 0.3) is 0 Å². The van der Waals surface area contributed by atoms with Gasteiger partial charge >= 0.3 is 0 Å². The topological polar surface area (TPSA) is 32.3 Å². The molecular formula is C10H12BrFN2O. The van der Waals surface area contributed by atoms with Crippen LogP contribution in [0.5, 0.6) is 0 Å². The van der Waals surface area contributed by atoms with Crippen LogP contribution in [-0.4, -0.2) is 31.4 Å². The molecule has 82 valence electrons. The van der Waals surface area contributed by atoms with Crippen LogP contribution < -0.4 is 5.32 Å². The zero-order valence-corrected chi connectivity index (χ0v) is 10.1. The summed E-state index contributed by atoms with van der Waals surface area (Å²) in [6.07, 6.45) is 0. The van der Waals surface area contributed by atoms with Gasteiger partial charge in [-0.1, -0.05) is 15.9 Å². The Morgan fingerprint density at radius 2 is 2.20 bits per heavy atom. The van der Waals surface area contributed by atoms with E-state index in [0.29, 0.717) is 5.69 Å². The Hall–Kier alpha value is -1.10. The van der Waals surface area contributed by atoms with E-state index in [0.717, 1.165) is 4.47 Å². The number of halogens is 2. The van der Waals surface area contributed by atoms with Crippen molar-refractivity contribution in [3.8, 4) is 0 Å². The normalized spacial score (nSPS) is 9.87. The lowest BCUT2D eigenvalue weighted by Gasteiger charge is -2.12. The fourth-order valence-electron chi connectivity index (χ4n) is 0.962. The number of benzene rings is 1. The zero-order chi connectivity index (χ0) is 11.4. The van der Waals surface area contributed by atoms with Gasteiger partial charge in [0.05, 0.1) is 12.2 Å². The first kappa shape index (κ1) is 12.0. The summed E-state index contributed by atoms with van der Waals surface area (Å²) < 4.78 is 14.0. The minimum absolute atomic E-state index is 0.0837. The van der Waals surface area contributed by atoms with Crippen LogP contribution in [0, 0.1) is 5.82 Å². The Morgan fingerprint density at radius 3 is 2.80 bits per heavy atom. The predicted molar refractivity (Wildman–Crippen MR) is 61.3 cm³/mol. The highest BCUT2D eigenvalue weighted by Crippen LogP contribution is 2.19. The zero-order valence-electron chi connectivity index (χ0n) is 8.55. The average Bonchev–Trinajstić information content (AvgIpc) is 2.18. The molecule has 0 spiro atoms. The van der Waals surface area contributed by atoms with Crippen LogP contribution in [0.4, 0.5) is 10.1 Å². The third-order valence-corrected chi connectivity index (χ3v) is 2.35. The fourth-order valence-corrected chi connectivity index (χ4v) is 1.32. The summed E-state index contributed by atoms with van der Waals surface area (Å²) in [5, 5.41) is 2.74. The summed E-state index contributed by atoms with van der Waals surface area (Å²) in [6.45, 7) is 0.0837. The van der Waals surface area contributed by atoms with Gasteiger partial charge in [-0.05, 0) is 18.2 Å². The standard InChI is InChI=1S/C10H12BrFN2O/c1-14(2)10(15)6-13-9-5-7(11)3-4-8(9)12/h3-5,13H,6H2,1-2H3. The Kier molecular flexibility index (Phi) is 4.08. The summed E-state index contributed by atoms with van der Waals surface area (Å²) >= 11 is 3.23. The second-order valence-electron chi connectivity index (χ2n) is 3.27. The van der Waals surface area contributed by atoms with Crippen LogP contribution in [0.15, 0.2) is 22.7 Å². The lowest BCUT2D eigenvalue weighted by molar-refractivity contribution is -0.126. The van der Waals surface area contributed by atoms with Crippen molar-refractivity contribution in [2.24, 2.45) is 0 Å². The SMILES string of the molecule is CN(C)C(=O)CNc1cc(Br)ccc1F. The Morgan fingerprint density at radius 1 is 1.53 bits per heavy atom. The van der Waals surface area contributed by atoms with E-state index in [1.54, 1.807) is 26.2 Å². The predicted octanol–water partition coefficient (Wildman–Crippen LogP) is 2.09. The van der Waals surface area contributed by atoms with Crippen molar-refractivity contribution < 1.29 is 9.18 Å². The van der Waals surface area contributed by atoms with Crippen molar-refractivity contribution in [2.45, 2.75) is 0 Å². The molecule has 0 aliphatic heterocycles. The lowest BCUT2D eigenvalue weighted by Crippen LogP contribution is -2.28. The van der Waals surface area contributed by atoms with Crippen molar-refractivity contribution in [3.05, 3.63) is 28.5 Å². The number of likely N-dealkylation sites (N-methyl/N-ethyl adjacent to an activating group) is 1. The van der Waals surface area contributed by atoms with Crippen LogP contribution in [-0.2, 0) is 4.79 Å². The van der Waals surface area contributed by atoms with Gasteiger partial charge in [-0.3, -0.25) is 4.79 Å². The van der Waals surface area contributed by atoms with Crippen molar-refractivity contribution >= 4 is 27.5 Å². The van der Waals surface area contributed by atoms with Gasteiger partial charge in [0.25, 0.3) is 0 Å². The molecule has 1 aromatic carbocycles. The van der Waals surface area contributed by atoms with E-state index in [1.165, 1.54) is 11.0 Å². The van der Waals surface area contributed by atoms with Gasteiger partial charge in [0.2, 0.25) is 5.91 Å². The van der Waals surface area contributed by atoms with Gasteiger partial charge in [0.15, 0.2) is 0 Å². The number of anilines is 1. The quantitative estimate of drug-likeness (QED) is 0.916. The molecule has 0 unspecified atom stereocenters. The minimum Gasteiger partial charge on any atom is -0.374 e. The number of carbonyl (C=O) groups excluding carboxylic acids is 1. The first-order chi connectivity index (χ1) is 7.00. The molecule has 0 saturated carbocycles. The molecule has 0 atom stereocenters. The smallest absolute Gasteiger partial charge is 0.241 e. The summed E-state index contributed by atoms with van der Waals surface area (Å²) in [6, 6.07) is 4.54. The molecule has 1 N–H and O–H groups in total. The largest absolute Gasteiger partial charge is 0.374 e. The maximum Gasteiger partial charge on any atom is 0.241 e. The van der Waals surface area contributed by atoms with E-state index < -0.39 is 0 Å². The number of rotatable bonds is 3. The molecule has 0 saturated heterocycles. The first-order valence-corrected chi connectivity index (χ1v) is 5.19. The van der Waals surface area contributed by atoms with E-state index >= 15 is 0 Å².